The van der Waals surface area contributed by atoms with Gasteiger partial charge in [-0.05, 0) is 56.7 Å². The molecular weight excluding hydrogens is 480 g/mol. The molecule has 0 bridgehead atoms. The third kappa shape index (κ3) is 6.97. The number of ether oxygens (including phenoxy) is 2. The molecule has 1 atom stereocenters. The Hall–Kier alpha value is -2.08. The topological polar surface area (TPSA) is 76.2 Å². The molecule has 192 valence electrons. The molecule has 1 amide bonds. The van der Waals surface area contributed by atoms with E-state index in [1.807, 2.05) is 0 Å². The second-order valence-electron chi connectivity index (χ2n) is 8.94. The molecule has 0 radical (unpaired) electrons. The van der Waals surface area contributed by atoms with Crippen molar-refractivity contribution in [1.29, 1.82) is 0 Å². The van der Waals surface area contributed by atoms with Gasteiger partial charge < -0.3 is 14.4 Å². The molecule has 1 saturated heterocycles. The number of sulfone groups is 1. The van der Waals surface area contributed by atoms with Gasteiger partial charge in [0.2, 0.25) is 0 Å². The Morgan fingerprint density at radius 2 is 1.74 bits per heavy atom. The van der Waals surface area contributed by atoms with Crippen LogP contribution in [0.3, 0.4) is 0 Å². The summed E-state index contributed by atoms with van der Waals surface area (Å²) >= 11 is 0. The van der Waals surface area contributed by atoms with Crippen molar-refractivity contribution in [3.05, 3.63) is 24.0 Å². The van der Waals surface area contributed by atoms with E-state index < -0.39 is 34.0 Å². The van der Waals surface area contributed by atoms with Crippen LogP contribution in [0.15, 0.2) is 23.1 Å². The van der Waals surface area contributed by atoms with Crippen LogP contribution in [0, 0.1) is 11.7 Å². The number of amides is 1. The highest BCUT2D eigenvalue weighted by molar-refractivity contribution is 7.90. The van der Waals surface area contributed by atoms with Crippen molar-refractivity contribution in [2.45, 2.75) is 55.8 Å². The maximum Gasteiger partial charge on any atom is 0.425 e. The second kappa shape index (κ2) is 10.7. The molecule has 0 spiro atoms. The van der Waals surface area contributed by atoms with Crippen LogP contribution in [0.2, 0.25) is 0 Å². The van der Waals surface area contributed by atoms with Gasteiger partial charge in [0.25, 0.3) is 0 Å². The maximum atomic E-state index is 14.2. The number of benzene rings is 1. The summed E-state index contributed by atoms with van der Waals surface area (Å²) in [5, 5.41) is 0. The highest BCUT2D eigenvalue weighted by atomic mass is 32.2. The molecule has 2 fully saturated rings. The van der Waals surface area contributed by atoms with Crippen LogP contribution in [0.1, 0.15) is 32.6 Å². The first kappa shape index (κ1) is 26.5. The minimum Gasteiger partial charge on any atom is -0.490 e. The molecule has 1 aliphatic heterocycles. The van der Waals surface area contributed by atoms with Crippen molar-refractivity contribution in [3.63, 3.8) is 0 Å². The molecule has 1 heterocycles. The highest BCUT2D eigenvalue weighted by Gasteiger charge is 2.40. The van der Waals surface area contributed by atoms with Crippen LogP contribution in [0.5, 0.6) is 5.75 Å². The number of alkyl halides is 3. The molecule has 1 saturated carbocycles. The van der Waals surface area contributed by atoms with Crippen molar-refractivity contribution < 1.29 is 40.2 Å². The van der Waals surface area contributed by atoms with E-state index >= 15 is 0 Å². The molecule has 1 aliphatic carbocycles. The summed E-state index contributed by atoms with van der Waals surface area (Å²) in [6, 6.07) is 3.93. The molecule has 0 unspecified atom stereocenters. The predicted molar refractivity (Wildman–Crippen MR) is 116 cm³/mol. The average Bonchev–Trinajstić information content (AvgIpc) is 2.77. The fraction of sp³-hybridized carbons (Fsp3) is 0.682. The lowest BCUT2D eigenvalue weighted by Crippen LogP contribution is -2.53. The van der Waals surface area contributed by atoms with Crippen molar-refractivity contribution >= 4 is 15.9 Å². The molecule has 0 N–H and O–H groups in total. The molecular formula is C22H30F4N2O5S. The smallest absolute Gasteiger partial charge is 0.425 e. The third-order valence-electron chi connectivity index (χ3n) is 6.45. The fourth-order valence-electron chi connectivity index (χ4n) is 4.28. The third-order valence-corrected chi connectivity index (χ3v) is 7.56. The Morgan fingerprint density at radius 1 is 1.12 bits per heavy atom. The molecule has 3 rings (SSSR count). The lowest BCUT2D eigenvalue weighted by Gasteiger charge is -2.41. The zero-order valence-electron chi connectivity index (χ0n) is 19.2. The van der Waals surface area contributed by atoms with Crippen molar-refractivity contribution in [2.24, 2.45) is 5.92 Å². The molecule has 7 nitrogen and oxygen atoms in total. The average molecular weight is 511 g/mol. The Balaban J connectivity index is 1.40. The van der Waals surface area contributed by atoms with Crippen molar-refractivity contribution in [3.8, 4) is 5.75 Å². The number of nitrogens with zero attached hydrogens (tertiary/aromatic N) is 2. The van der Waals surface area contributed by atoms with E-state index in [1.165, 1.54) is 17.0 Å². The first-order valence-electron chi connectivity index (χ1n) is 11.2. The number of halogens is 4. The predicted octanol–water partition coefficient (Wildman–Crippen LogP) is 3.87. The number of hydrogen-bond acceptors (Lipinski definition) is 6. The Labute approximate surface area is 196 Å². The van der Waals surface area contributed by atoms with Crippen molar-refractivity contribution in [2.75, 3.05) is 39.0 Å². The quantitative estimate of drug-likeness (QED) is 0.541. The monoisotopic (exact) mass is 510 g/mol. The summed E-state index contributed by atoms with van der Waals surface area (Å²) in [6.07, 6.45) is -3.09. The summed E-state index contributed by atoms with van der Waals surface area (Å²) < 4.78 is 85.1. The normalized spacial score (nSPS) is 23.4. The molecule has 1 aromatic rings. The van der Waals surface area contributed by atoms with E-state index in [9.17, 15) is 30.8 Å². The molecule has 12 heteroatoms. The Morgan fingerprint density at radius 3 is 2.26 bits per heavy atom. The number of carbonyl (C=O) groups is 1. The number of rotatable bonds is 6. The first-order chi connectivity index (χ1) is 15.8. The van der Waals surface area contributed by atoms with Crippen molar-refractivity contribution in [1.82, 2.24) is 9.80 Å². The number of piperazine rings is 1. The zero-order chi connectivity index (χ0) is 25.1. The molecule has 2 aliphatic rings. The fourth-order valence-corrected chi connectivity index (χ4v) is 4.91. The largest absolute Gasteiger partial charge is 0.490 e. The van der Waals surface area contributed by atoms with Crippen LogP contribution in [-0.4, -0.2) is 81.7 Å². The second-order valence-corrected chi connectivity index (χ2v) is 11.0. The van der Waals surface area contributed by atoms with Gasteiger partial charge in [-0.1, -0.05) is 0 Å². The van der Waals surface area contributed by atoms with E-state index in [0.717, 1.165) is 44.9 Å². The van der Waals surface area contributed by atoms with E-state index in [-0.39, 0.29) is 16.6 Å². The van der Waals surface area contributed by atoms with Crippen LogP contribution in [0.25, 0.3) is 0 Å². The van der Waals surface area contributed by atoms with E-state index in [1.54, 1.807) is 0 Å². The van der Waals surface area contributed by atoms with Gasteiger partial charge in [-0.3, -0.25) is 4.90 Å². The minimum atomic E-state index is -4.58. The van der Waals surface area contributed by atoms with Gasteiger partial charge in [-0.2, -0.15) is 13.2 Å². The van der Waals surface area contributed by atoms with Gasteiger partial charge in [-0.25, -0.2) is 17.6 Å². The van der Waals surface area contributed by atoms with Gasteiger partial charge in [0, 0.05) is 38.5 Å². The Kier molecular flexibility index (Phi) is 8.33. The van der Waals surface area contributed by atoms with Gasteiger partial charge in [0.1, 0.15) is 0 Å². The Bertz CT molecular complexity index is 957. The summed E-state index contributed by atoms with van der Waals surface area (Å²) in [6.45, 7) is 2.91. The SMILES string of the molecule is C[C@H](OC(=O)N1CCN(C2CCC(COc3ccc(S(C)(=O)=O)cc3F)CC2)CC1)C(F)(F)F. The van der Waals surface area contributed by atoms with Gasteiger partial charge in [0.15, 0.2) is 27.5 Å². The molecule has 34 heavy (non-hydrogen) atoms. The highest BCUT2D eigenvalue weighted by Crippen LogP contribution is 2.30. The van der Waals surface area contributed by atoms with Crippen LogP contribution >= 0.6 is 0 Å². The van der Waals surface area contributed by atoms with Crippen LogP contribution in [0.4, 0.5) is 22.4 Å². The summed E-state index contributed by atoms with van der Waals surface area (Å²) in [4.78, 5) is 15.4. The lowest BCUT2D eigenvalue weighted by molar-refractivity contribution is -0.200. The summed E-state index contributed by atoms with van der Waals surface area (Å²) in [7, 11) is -3.49. The maximum absolute atomic E-state index is 14.2. The summed E-state index contributed by atoms with van der Waals surface area (Å²) in [5.74, 6) is -0.444. The number of hydrogen-bond donors (Lipinski definition) is 0. The van der Waals surface area contributed by atoms with Gasteiger partial charge >= 0.3 is 12.3 Å². The van der Waals surface area contributed by atoms with Crippen LogP contribution < -0.4 is 4.74 Å². The van der Waals surface area contributed by atoms with Crippen LogP contribution in [-0.2, 0) is 14.6 Å². The standard InChI is InChI=1S/C22H30F4N2O5S/c1-15(22(24,25)26)33-21(29)28-11-9-27(10-12-28)17-5-3-16(4-6-17)14-32-20-8-7-18(13-19(20)23)34(2,30)31/h7-8,13,15-17H,3-6,9-12,14H2,1-2H3/t15-,16?,17?/m0/s1. The molecule has 0 aromatic heterocycles. The minimum absolute atomic E-state index is 0.0253. The van der Waals surface area contributed by atoms with E-state index in [4.69, 9.17) is 4.74 Å². The summed E-state index contributed by atoms with van der Waals surface area (Å²) in [5.41, 5.74) is 0. The molecule has 1 aromatic carbocycles. The first-order valence-corrected chi connectivity index (χ1v) is 13.1. The zero-order valence-corrected chi connectivity index (χ0v) is 20.0. The van der Waals surface area contributed by atoms with E-state index in [2.05, 4.69) is 9.64 Å². The van der Waals surface area contributed by atoms with E-state index in [0.29, 0.717) is 38.8 Å². The lowest BCUT2D eigenvalue weighted by atomic mass is 9.85. The van der Waals surface area contributed by atoms with Gasteiger partial charge in [-0.15, -0.1) is 0 Å². The van der Waals surface area contributed by atoms with Gasteiger partial charge in [0.05, 0.1) is 11.5 Å². The number of carbonyl (C=O) groups excluding carboxylic acids is 1.